The van der Waals surface area contributed by atoms with E-state index in [1.54, 1.807) is 0 Å². The van der Waals surface area contributed by atoms with Crippen LogP contribution in [0.3, 0.4) is 0 Å². The number of piperidine rings is 1. The highest BCUT2D eigenvalue weighted by molar-refractivity contribution is 5.95. The number of nitrogens with zero attached hydrogens (tertiary/aromatic N) is 2. The monoisotopic (exact) mass is 320 g/mol. The standard InChI is InChI=1S/C20H24N4/c1-14-11-15-13-18(17-5-3-4-8-21-17)23-20(15)19(12-14)22-16-6-9-24(2)10-7-16/h3-5,8,11-13,16,22-23H,6-7,9-10H2,1-2H3. The van der Waals surface area contributed by atoms with Gasteiger partial charge in [-0.2, -0.15) is 0 Å². The summed E-state index contributed by atoms with van der Waals surface area (Å²) >= 11 is 0. The molecule has 0 saturated carbocycles. The fraction of sp³-hybridized carbons (Fsp3) is 0.350. The molecule has 0 bridgehead atoms. The number of rotatable bonds is 3. The quantitative estimate of drug-likeness (QED) is 0.765. The predicted octanol–water partition coefficient (Wildman–Crippen LogP) is 4.04. The number of aromatic nitrogens is 2. The number of nitrogens with one attached hydrogen (secondary N) is 2. The Labute approximate surface area is 142 Å². The summed E-state index contributed by atoms with van der Waals surface area (Å²) in [6, 6.07) is 13.2. The maximum Gasteiger partial charge on any atom is 0.0864 e. The smallest absolute Gasteiger partial charge is 0.0864 e. The Balaban J connectivity index is 1.68. The van der Waals surface area contributed by atoms with Gasteiger partial charge in [0.2, 0.25) is 0 Å². The van der Waals surface area contributed by atoms with Crippen LogP contribution < -0.4 is 5.32 Å². The van der Waals surface area contributed by atoms with Gasteiger partial charge in [0, 0.05) is 17.6 Å². The van der Waals surface area contributed by atoms with Crippen molar-refractivity contribution in [1.29, 1.82) is 0 Å². The lowest BCUT2D eigenvalue weighted by molar-refractivity contribution is 0.264. The first kappa shape index (κ1) is 15.2. The summed E-state index contributed by atoms with van der Waals surface area (Å²) in [6.45, 7) is 4.49. The molecule has 0 radical (unpaired) electrons. The van der Waals surface area contributed by atoms with E-state index in [2.05, 4.69) is 52.4 Å². The maximum atomic E-state index is 4.46. The summed E-state index contributed by atoms with van der Waals surface area (Å²) in [5.74, 6) is 0. The highest BCUT2D eigenvalue weighted by Crippen LogP contribution is 2.30. The molecule has 24 heavy (non-hydrogen) atoms. The average molecular weight is 320 g/mol. The van der Waals surface area contributed by atoms with Crippen LogP contribution in [0.25, 0.3) is 22.3 Å². The normalized spacial score (nSPS) is 16.6. The second-order valence-electron chi connectivity index (χ2n) is 6.90. The first-order valence-electron chi connectivity index (χ1n) is 8.69. The van der Waals surface area contributed by atoms with Crippen molar-refractivity contribution in [3.05, 3.63) is 48.2 Å². The summed E-state index contributed by atoms with van der Waals surface area (Å²) in [6.07, 6.45) is 4.23. The molecule has 1 fully saturated rings. The number of aryl methyl sites for hydroxylation is 1. The van der Waals surface area contributed by atoms with Gasteiger partial charge >= 0.3 is 0 Å². The van der Waals surface area contributed by atoms with E-state index in [1.165, 1.54) is 35.0 Å². The second kappa shape index (κ2) is 6.29. The zero-order valence-corrected chi connectivity index (χ0v) is 14.3. The van der Waals surface area contributed by atoms with Gasteiger partial charge in [-0.15, -0.1) is 0 Å². The molecule has 1 saturated heterocycles. The first-order chi connectivity index (χ1) is 11.7. The molecule has 4 rings (SSSR count). The highest BCUT2D eigenvalue weighted by Gasteiger charge is 2.18. The number of aromatic amines is 1. The zero-order chi connectivity index (χ0) is 16.5. The average Bonchev–Trinajstić information content (AvgIpc) is 3.02. The molecule has 3 heterocycles. The van der Waals surface area contributed by atoms with E-state index >= 15 is 0 Å². The molecule has 1 aromatic carbocycles. The van der Waals surface area contributed by atoms with Crippen LogP contribution in [0.4, 0.5) is 5.69 Å². The van der Waals surface area contributed by atoms with Gasteiger partial charge in [0.15, 0.2) is 0 Å². The Kier molecular flexibility index (Phi) is 3.98. The molecule has 1 aliphatic rings. The van der Waals surface area contributed by atoms with Crippen molar-refractivity contribution >= 4 is 16.6 Å². The van der Waals surface area contributed by atoms with Crippen LogP contribution in [-0.2, 0) is 0 Å². The molecule has 0 amide bonds. The highest BCUT2D eigenvalue weighted by atomic mass is 15.1. The fourth-order valence-electron chi connectivity index (χ4n) is 3.54. The zero-order valence-electron chi connectivity index (χ0n) is 14.3. The van der Waals surface area contributed by atoms with Gasteiger partial charge in [0.05, 0.1) is 22.6 Å². The number of hydrogen-bond donors (Lipinski definition) is 2. The summed E-state index contributed by atoms with van der Waals surface area (Å²) in [7, 11) is 2.20. The van der Waals surface area contributed by atoms with Gasteiger partial charge in [-0.25, -0.2) is 0 Å². The Bertz CT molecular complexity index is 829. The summed E-state index contributed by atoms with van der Waals surface area (Å²) < 4.78 is 0. The Morgan fingerprint density at radius 2 is 2.00 bits per heavy atom. The number of hydrogen-bond acceptors (Lipinski definition) is 3. The number of anilines is 1. The van der Waals surface area contributed by atoms with E-state index in [9.17, 15) is 0 Å². The van der Waals surface area contributed by atoms with Gasteiger partial charge < -0.3 is 15.2 Å². The van der Waals surface area contributed by atoms with Crippen LogP contribution in [0.5, 0.6) is 0 Å². The third-order valence-corrected chi connectivity index (χ3v) is 4.89. The number of likely N-dealkylation sites (tertiary alicyclic amines) is 1. The minimum atomic E-state index is 0.549. The molecule has 0 unspecified atom stereocenters. The fourth-order valence-corrected chi connectivity index (χ4v) is 3.54. The Hall–Kier alpha value is -2.33. The van der Waals surface area contributed by atoms with Crippen molar-refractivity contribution in [2.75, 3.05) is 25.5 Å². The van der Waals surface area contributed by atoms with Crippen molar-refractivity contribution in [3.63, 3.8) is 0 Å². The molecule has 2 aromatic heterocycles. The summed E-state index contributed by atoms with van der Waals surface area (Å²) in [5.41, 5.74) is 5.73. The van der Waals surface area contributed by atoms with Crippen LogP contribution in [0.1, 0.15) is 18.4 Å². The number of benzene rings is 1. The number of pyridine rings is 1. The van der Waals surface area contributed by atoms with Crippen LogP contribution in [0.2, 0.25) is 0 Å². The van der Waals surface area contributed by atoms with E-state index in [-0.39, 0.29) is 0 Å². The molecule has 0 spiro atoms. The van der Waals surface area contributed by atoms with Crippen LogP contribution in [-0.4, -0.2) is 41.0 Å². The van der Waals surface area contributed by atoms with Crippen molar-refractivity contribution < 1.29 is 0 Å². The molecule has 3 aromatic rings. The van der Waals surface area contributed by atoms with Crippen molar-refractivity contribution in [1.82, 2.24) is 14.9 Å². The van der Waals surface area contributed by atoms with Crippen molar-refractivity contribution in [2.45, 2.75) is 25.8 Å². The van der Waals surface area contributed by atoms with Crippen molar-refractivity contribution in [2.24, 2.45) is 0 Å². The van der Waals surface area contributed by atoms with E-state index in [4.69, 9.17) is 0 Å². The SMILES string of the molecule is Cc1cc(NC2CCN(C)CC2)c2[nH]c(-c3ccccn3)cc2c1. The van der Waals surface area contributed by atoms with Gasteiger partial charge in [0.25, 0.3) is 0 Å². The Morgan fingerprint density at radius 1 is 1.17 bits per heavy atom. The third-order valence-electron chi connectivity index (χ3n) is 4.89. The molecule has 4 heteroatoms. The molecule has 4 nitrogen and oxygen atoms in total. The molecule has 124 valence electrons. The lowest BCUT2D eigenvalue weighted by Gasteiger charge is -2.30. The van der Waals surface area contributed by atoms with E-state index in [1.807, 2.05) is 24.4 Å². The topological polar surface area (TPSA) is 44.0 Å². The maximum absolute atomic E-state index is 4.46. The van der Waals surface area contributed by atoms with E-state index < -0.39 is 0 Å². The van der Waals surface area contributed by atoms with Crippen molar-refractivity contribution in [3.8, 4) is 11.4 Å². The summed E-state index contributed by atoms with van der Waals surface area (Å²) in [5, 5.41) is 5.01. The van der Waals surface area contributed by atoms with Gasteiger partial charge in [-0.3, -0.25) is 4.98 Å². The van der Waals surface area contributed by atoms with Gasteiger partial charge in [-0.05, 0) is 75.8 Å². The molecule has 2 N–H and O–H groups in total. The minimum absolute atomic E-state index is 0.549. The summed E-state index contributed by atoms with van der Waals surface area (Å²) in [4.78, 5) is 10.4. The molecule has 1 aliphatic heterocycles. The molecule has 0 atom stereocenters. The van der Waals surface area contributed by atoms with Gasteiger partial charge in [-0.1, -0.05) is 6.07 Å². The van der Waals surface area contributed by atoms with Gasteiger partial charge in [0.1, 0.15) is 0 Å². The second-order valence-corrected chi connectivity index (χ2v) is 6.90. The third kappa shape index (κ3) is 3.02. The van der Waals surface area contributed by atoms with E-state index in [0.717, 1.165) is 24.5 Å². The molecule has 0 aliphatic carbocycles. The molecular formula is C20H24N4. The van der Waals surface area contributed by atoms with E-state index in [0.29, 0.717) is 6.04 Å². The first-order valence-corrected chi connectivity index (χ1v) is 8.69. The lowest BCUT2D eigenvalue weighted by atomic mass is 10.0. The predicted molar refractivity (Wildman–Crippen MR) is 100 cm³/mol. The van der Waals surface area contributed by atoms with Crippen LogP contribution in [0, 0.1) is 6.92 Å². The lowest BCUT2D eigenvalue weighted by Crippen LogP contribution is -2.36. The van der Waals surface area contributed by atoms with Crippen LogP contribution in [0.15, 0.2) is 42.6 Å². The van der Waals surface area contributed by atoms with Crippen LogP contribution >= 0.6 is 0 Å². The number of fused-ring (bicyclic) bond motifs is 1. The largest absolute Gasteiger partial charge is 0.381 e. The number of H-pyrrole nitrogens is 1. The minimum Gasteiger partial charge on any atom is -0.381 e. The Morgan fingerprint density at radius 3 is 2.75 bits per heavy atom. The molecular weight excluding hydrogens is 296 g/mol.